The topological polar surface area (TPSA) is 83.6 Å². The molecular weight excluding hydrogens is 208 g/mol. The molecule has 0 aliphatic carbocycles. The van der Waals surface area contributed by atoms with Crippen molar-refractivity contribution in [2.75, 3.05) is 6.54 Å². The Bertz CT molecular complexity index is 243. The second-order valence-electron chi connectivity index (χ2n) is 3.61. The van der Waals surface area contributed by atoms with Gasteiger partial charge in [-0.05, 0) is 26.2 Å². The Morgan fingerprint density at radius 2 is 2.14 bits per heavy atom. The van der Waals surface area contributed by atoms with E-state index in [1.807, 2.05) is 0 Å². The summed E-state index contributed by atoms with van der Waals surface area (Å²) in [5, 5.41) is 8.72. The maximum Gasteiger partial charge on any atom is 0.414 e. The van der Waals surface area contributed by atoms with Crippen molar-refractivity contribution in [1.82, 2.24) is 4.90 Å². The maximum atomic E-state index is 11.5. The van der Waals surface area contributed by atoms with E-state index in [9.17, 15) is 9.59 Å². The third kappa shape index (κ3) is 2.59. The highest BCUT2D eigenvalue weighted by Crippen LogP contribution is 2.19. The lowest BCUT2D eigenvalue weighted by molar-refractivity contribution is -0.133. The van der Waals surface area contributed by atoms with Crippen molar-refractivity contribution in [2.45, 2.75) is 31.7 Å². The van der Waals surface area contributed by atoms with E-state index in [2.05, 4.69) is 0 Å². The normalized spacial score (nSPS) is 27.9. The summed E-state index contributed by atoms with van der Waals surface area (Å²) in [6.45, 7) is 1.84. The van der Waals surface area contributed by atoms with E-state index < -0.39 is 17.5 Å². The standard InChI is InChI=1S/C8H14N2O3.ClH/c1-8(9)4-2-3-5-10(6(8)11)7(12)13;/h2-5,9H2,1H3,(H,12,13);1H/t8-;/m0./s1. The highest BCUT2D eigenvalue weighted by Gasteiger charge is 2.37. The van der Waals surface area contributed by atoms with Crippen LogP contribution in [0.5, 0.6) is 0 Å². The Balaban J connectivity index is 0.00000169. The molecule has 1 aliphatic rings. The van der Waals surface area contributed by atoms with Gasteiger partial charge < -0.3 is 10.8 Å². The van der Waals surface area contributed by atoms with Gasteiger partial charge in [0.1, 0.15) is 0 Å². The quantitative estimate of drug-likeness (QED) is 0.636. The number of nitrogens with two attached hydrogens (primary N) is 1. The number of halogens is 1. The van der Waals surface area contributed by atoms with Gasteiger partial charge in [-0.1, -0.05) is 0 Å². The first-order valence-electron chi connectivity index (χ1n) is 4.29. The van der Waals surface area contributed by atoms with Crippen LogP contribution in [-0.4, -0.2) is 34.1 Å². The van der Waals surface area contributed by atoms with Gasteiger partial charge in [0.15, 0.2) is 0 Å². The predicted molar refractivity (Wildman–Crippen MR) is 53.4 cm³/mol. The van der Waals surface area contributed by atoms with Crippen LogP contribution in [0.1, 0.15) is 26.2 Å². The lowest BCUT2D eigenvalue weighted by atomic mass is 9.97. The summed E-state index contributed by atoms with van der Waals surface area (Å²) >= 11 is 0. The molecule has 0 saturated carbocycles. The smallest absolute Gasteiger partial charge is 0.414 e. The van der Waals surface area contributed by atoms with Crippen LogP contribution in [0, 0.1) is 0 Å². The molecule has 14 heavy (non-hydrogen) atoms. The molecule has 0 aromatic heterocycles. The zero-order valence-corrected chi connectivity index (χ0v) is 8.84. The number of imide groups is 1. The highest BCUT2D eigenvalue weighted by molar-refractivity contribution is 5.96. The Hall–Kier alpha value is -0.810. The average molecular weight is 223 g/mol. The number of hydrogen-bond acceptors (Lipinski definition) is 3. The third-order valence-corrected chi connectivity index (χ3v) is 2.29. The molecule has 0 radical (unpaired) electrons. The van der Waals surface area contributed by atoms with E-state index in [1.165, 1.54) is 0 Å². The van der Waals surface area contributed by atoms with Gasteiger partial charge in [-0.3, -0.25) is 4.79 Å². The number of nitrogens with zero attached hydrogens (tertiary/aromatic N) is 1. The minimum atomic E-state index is -1.21. The zero-order chi connectivity index (χ0) is 10.1. The van der Waals surface area contributed by atoms with Crippen molar-refractivity contribution >= 4 is 24.4 Å². The Labute approximate surface area is 88.7 Å². The molecule has 1 atom stereocenters. The molecule has 0 aromatic carbocycles. The molecule has 1 heterocycles. The number of amides is 2. The Morgan fingerprint density at radius 3 is 2.64 bits per heavy atom. The van der Waals surface area contributed by atoms with Crippen LogP contribution >= 0.6 is 12.4 Å². The molecule has 0 bridgehead atoms. The molecule has 1 aliphatic heterocycles. The number of carbonyl (C=O) groups is 2. The van der Waals surface area contributed by atoms with Crippen LogP contribution in [0.4, 0.5) is 4.79 Å². The fraction of sp³-hybridized carbons (Fsp3) is 0.750. The van der Waals surface area contributed by atoms with Crippen molar-refractivity contribution in [3.8, 4) is 0 Å². The zero-order valence-electron chi connectivity index (χ0n) is 8.02. The van der Waals surface area contributed by atoms with Gasteiger partial charge in [0.05, 0.1) is 5.54 Å². The van der Waals surface area contributed by atoms with Crippen LogP contribution in [0.25, 0.3) is 0 Å². The monoisotopic (exact) mass is 222 g/mol. The van der Waals surface area contributed by atoms with E-state index in [4.69, 9.17) is 10.8 Å². The van der Waals surface area contributed by atoms with Gasteiger partial charge >= 0.3 is 6.09 Å². The van der Waals surface area contributed by atoms with Gasteiger partial charge in [0, 0.05) is 6.54 Å². The Morgan fingerprint density at radius 1 is 1.57 bits per heavy atom. The molecule has 5 nitrogen and oxygen atoms in total. The van der Waals surface area contributed by atoms with E-state index in [1.54, 1.807) is 6.92 Å². The summed E-state index contributed by atoms with van der Waals surface area (Å²) in [5.41, 5.74) is 4.68. The molecule has 6 heteroatoms. The second kappa shape index (κ2) is 4.61. The van der Waals surface area contributed by atoms with Gasteiger partial charge in [-0.25, -0.2) is 9.69 Å². The molecule has 82 valence electrons. The first-order valence-corrected chi connectivity index (χ1v) is 4.29. The molecule has 1 saturated heterocycles. The van der Waals surface area contributed by atoms with Crippen LogP contribution < -0.4 is 5.73 Å². The summed E-state index contributed by atoms with van der Waals surface area (Å²) in [7, 11) is 0. The van der Waals surface area contributed by atoms with Crippen molar-refractivity contribution in [2.24, 2.45) is 5.73 Å². The number of carboxylic acid groups (broad SMARTS) is 1. The number of hydrogen-bond donors (Lipinski definition) is 2. The summed E-state index contributed by atoms with van der Waals surface area (Å²) < 4.78 is 0. The number of likely N-dealkylation sites (tertiary alicyclic amines) is 1. The molecule has 0 aromatic rings. The molecule has 2 amide bonds. The van der Waals surface area contributed by atoms with Gasteiger partial charge in [0.25, 0.3) is 5.91 Å². The van der Waals surface area contributed by atoms with Crippen LogP contribution in [0.15, 0.2) is 0 Å². The lowest BCUT2D eigenvalue weighted by Crippen LogP contribution is -2.53. The third-order valence-electron chi connectivity index (χ3n) is 2.29. The van der Waals surface area contributed by atoms with Gasteiger partial charge in [-0.2, -0.15) is 0 Å². The van der Waals surface area contributed by atoms with Crippen molar-refractivity contribution < 1.29 is 14.7 Å². The summed E-state index contributed by atoms with van der Waals surface area (Å²) in [5.74, 6) is -0.488. The fourth-order valence-corrected chi connectivity index (χ4v) is 1.46. The van der Waals surface area contributed by atoms with Crippen molar-refractivity contribution in [3.05, 3.63) is 0 Å². The van der Waals surface area contributed by atoms with E-state index in [0.29, 0.717) is 12.8 Å². The number of rotatable bonds is 0. The van der Waals surface area contributed by atoms with E-state index >= 15 is 0 Å². The molecular formula is C8H15ClN2O3. The summed E-state index contributed by atoms with van der Waals surface area (Å²) in [6.07, 6.45) is 0.840. The van der Waals surface area contributed by atoms with Crippen molar-refractivity contribution in [3.63, 3.8) is 0 Å². The van der Waals surface area contributed by atoms with Crippen molar-refractivity contribution in [1.29, 1.82) is 0 Å². The number of carbonyl (C=O) groups excluding carboxylic acids is 1. The predicted octanol–water partition coefficient (Wildman–Crippen LogP) is 0.816. The van der Waals surface area contributed by atoms with Crippen LogP contribution in [-0.2, 0) is 4.79 Å². The molecule has 3 N–H and O–H groups in total. The SMILES string of the molecule is C[C@]1(N)CCCCN(C(=O)O)C1=O.Cl. The van der Waals surface area contributed by atoms with Crippen LogP contribution in [0.3, 0.4) is 0 Å². The molecule has 0 unspecified atom stereocenters. The maximum absolute atomic E-state index is 11.5. The summed E-state index contributed by atoms with van der Waals surface area (Å²) in [4.78, 5) is 23.0. The Kier molecular flexibility index (Phi) is 4.35. The fourth-order valence-electron chi connectivity index (χ4n) is 1.46. The average Bonchev–Trinajstić information content (AvgIpc) is 2.13. The van der Waals surface area contributed by atoms with E-state index in [-0.39, 0.29) is 19.0 Å². The molecule has 0 spiro atoms. The van der Waals surface area contributed by atoms with Crippen LogP contribution in [0.2, 0.25) is 0 Å². The second-order valence-corrected chi connectivity index (χ2v) is 3.61. The molecule has 1 fully saturated rings. The summed E-state index contributed by atoms with van der Waals surface area (Å²) in [6, 6.07) is 0. The van der Waals surface area contributed by atoms with Gasteiger partial charge in [-0.15, -0.1) is 12.4 Å². The minimum absolute atomic E-state index is 0. The van der Waals surface area contributed by atoms with Gasteiger partial charge in [0.2, 0.25) is 0 Å². The first-order chi connectivity index (χ1) is 5.95. The first kappa shape index (κ1) is 13.2. The highest BCUT2D eigenvalue weighted by atomic mass is 35.5. The largest absolute Gasteiger partial charge is 0.465 e. The molecule has 1 rings (SSSR count). The minimum Gasteiger partial charge on any atom is -0.465 e. The van der Waals surface area contributed by atoms with E-state index in [0.717, 1.165) is 11.3 Å². The lowest BCUT2D eigenvalue weighted by Gasteiger charge is -2.24.